The van der Waals surface area contributed by atoms with E-state index in [2.05, 4.69) is 43.6 Å². The van der Waals surface area contributed by atoms with Crippen LogP contribution in [0.25, 0.3) is 11.2 Å². The molecule has 0 spiro atoms. The van der Waals surface area contributed by atoms with Gasteiger partial charge >= 0.3 is 82.4 Å². The molecule has 0 radical (unpaired) electrons. The fraction of sp³-hybridized carbons (Fsp3) is 0.271. The minimum absolute atomic E-state index is 0. The number of aromatic amines is 1. The number of carboxylic acids is 1. The zero-order valence-corrected chi connectivity index (χ0v) is 76.0. The fourth-order valence-corrected chi connectivity index (χ4v) is 14.6. The van der Waals surface area contributed by atoms with Crippen molar-refractivity contribution in [2.24, 2.45) is 5.73 Å². The molecular weight excluding hydrogens is 1690 g/mol. The molecule has 3 aliphatic carbocycles. The molecule has 0 saturated heterocycles. The molecule has 0 bridgehead atoms. The van der Waals surface area contributed by atoms with Crippen LogP contribution in [-0.2, 0) is 53.3 Å². The first kappa shape index (κ1) is 100. The van der Waals surface area contributed by atoms with E-state index in [-0.39, 0.29) is 153 Å². The number of hydrogen-bond donors (Lipinski definition) is 6. The van der Waals surface area contributed by atoms with Gasteiger partial charge in [0.2, 0.25) is 11.4 Å². The number of rotatable bonds is 19. The summed E-state index contributed by atoms with van der Waals surface area (Å²) in [6.45, 7) is 21.5. The number of nitrogens with one attached hydrogen (secondary N) is 2. The zero-order chi connectivity index (χ0) is 91.6. The first-order chi connectivity index (χ1) is 60.9. The Hall–Kier alpha value is -12.3. The van der Waals surface area contributed by atoms with E-state index in [4.69, 9.17) is 39.8 Å². The van der Waals surface area contributed by atoms with E-state index in [1.54, 1.807) is 82.1 Å². The monoisotopic (exact) mass is 1790 g/mol. The number of carboxylic acid groups (broad SMARTS) is 1. The van der Waals surface area contributed by atoms with Crippen molar-refractivity contribution < 1.29 is 151 Å². The van der Waals surface area contributed by atoms with Gasteiger partial charge in [-0.25, -0.2) is 41.1 Å². The average Bonchev–Trinajstić information content (AvgIpc) is 1.58. The number of ketones is 2. The van der Waals surface area contributed by atoms with E-state index < -0.39 is 89.3 Å². The third-order valence-electron chi connectivity index (χ3n) is 22.0. The molecular formula is C96H99BF5KN10O16. The van der Waals surface area contributed by atoms with Crippen molar-refractivity contribution in [1.29, 1.82) is 0 Å². The quantitative estimate of drug-likeness (QED) is 0.0189. The van der Waals surface area contributed by atoms with Gasteiger partial charge in [0, 0.05) is 42.1 Å². The van der Waals surface area contributed by atoms with E-state index >= 15 is 4.39 Å². The van der Waals surface area contributed by atoms with Crippen LogP contribution < -0.4 is 71.9 Å². The largest absolute Gasteiger partial charge is 1.00 e. The van der Waals surface area contributed by atoms with Crippen LogP contribution in [0.5, 0.6) is 11.5 Å². The summed E-state index contributed by atoms with van der Waals surface area (Å²) in [4.78, 5) is 82.3. The second-order valence-electron chi connectivity index (χ2n) is 30.4. The molecule has 2 atom stereocenters. The van der Waals surface area contributed by atoms with Crippen LogP contribution in [0.2, 0.25) is 0 Å². The number of esters is 3. The van der Waals surface area contributed by atoms with Crippen LogP contribution in [-0.4, -0.2) is 153 Å². The second-order valence-corrected chi connectivity index (χ2v) is 30.4. The van der Waals surface area contributed by atoms with Crippen LogP contribution in [0.3, 0.4) is 0 Å². The van der Waals surface area contributed by atoms with Gasteiger partial charge in [-0.05, 0) is 139 Å². The summed E-state index contributed by atoms with van der Waals surface area (Å²) >= 11 is 0. The molecule has 5 aliphatic rings. The molecule has 12 aromatic rings. The standard InChI is InChI=1S/C24H22FN3O3.C17H18FNO2.C16H16FNO2.C14H13FN2O2.C10H11NO2.C8H9BO2.C7H9FN2O2.K.H2O/c1-15-21(25)22(27-28(15)24(11-12-24)17-8-3-2-4-9-17)23(30)26-18-14-31-20-10-6-5-7-16(20)13-19(18)29;1-3-21-16(20)14-11-19(12(2)15(14)18)17(9-10-17)13-7-5-4-6-8-13;1-4-20-16(19)14-10-18(12(3)15(14)17)11(2)13-8-6-5-7-9-13;1-9-11(15)12(13(18)19)16-17(9)14(7-8-14)10-5-3-2-4-6-10;11-8-6-13-10-4-2-1-3-7(10)5-9(8)12;1-7(9(10)11)8-5-3-2-4-6-8;1-3-12-7(11)6-5(8)4(2)9-10-6;;/h2-10,18H,11-14H2,1H3,(H,26,30);4-8,11H,3,9-10H2,1-2H3;5-10H,2,4H2,1,3H3;2-6H,7-8H2,1H3,(H,18,19);1-4,8H,5-6,11H2;2-6,10-11H,1H2;3H2,1-2H3,(H,9,10);;1H2/q;;;;;;;+1;/p-1/t18-;;;;8-;;;;/m0...0..../s1. The summed E-state index contributed by atoms with van der Waals surface area (Å²) < 4.78 is 102. The van der Waals surface area contributed by atoms with Crippen molar-refractivity contribution in [2.45, 2.75) is 135 Å². The Labute approximate surface area is 785 Å². The summed E-state index contributed by atoms with van der Waals surface area (Å²) in [5.41, 5.74) is 12.6. The third-order valence-corrected chi connectivity index (χ3v) is 22.0. The van der Waals surface area contributed by atoms with Crippen molar-refractivity contribution in [2.75, 3.05) is 33.0 Å². The number of amides is 1. The number of aromatic carboxylic acids is 1. The van der Waals surface area contributed by atoms with Crippen LogP contribution in [0, 0.1) is 63.7 Å². The molecule has 3 saturated carbocycles. The number of aryl methyl sites for hydroxylation is 1. The zero-order valence-electron chi connectivity index (χ0n) is 72.8. The molecule has 8 N–H and O–H groups in total. The molecule has 7 heterocycles. The number of ether oxygens (including phenoxy) is 5. The predicted octanol–water partition coefficient (Wildman–Crippen LogP) is 12.1. The molecule has 17 rings (SSSR count). The number of benzene rings is 7. The Morgan fingerprint density at radius 3 is 1.34 bits per heavy atom. The van der Waals surface area contributed by atoms with Crippen LogP contribution in [0.1, 0.15) is 179 Å². The van der Waals surface area contributed by atoms with Crippen molar-refractivity contribution in [1.82, 2.24) is 44.2 Å². The maximum atomic E-state index is 15.0. The molecule has 668 valence electrons. The molecule has 1 amide bonds. The van der Waals surface area contributed by atoms with Gasteiger partial charge in [-0.2, -0.15) is 15.3 Å². The Morgan fingerprint density at radius 1 is 0.512 bits per heavy atom. The number of hydrogen-bond acceptors (Lipinski definition) is 19. The average molecular weight is 1790 g/mol. The summed E-state index contributed by atoms with van der Waals surface area (Å²) in [6, 6.07) is 61.4. The molecule has 0 unspecified atom stereocenters. The topological polar surface area (TPSA) is 369 Å². The Bertz CT molecular complexity index is 5960. The molecule has 7 aromatic carbocycles. The maximum Gasteiger partial charge on any atom is 1.00 e. The van der Waals surface area contributed by atoms with E-state index in [1.165, 1.54) is 17.8 Å². The van der Waals surface area contributed by atoms with Gasteiger partial charge in [0.1, 0.15) is 41.9 Å². The van der Waals surface area contributed by atoms with Crippen LogP contribution >= 0.6 is 0 Å². The summed E-state index contributed by atoms with van der Waals surface area (Å²) in [5, 5.41) is 43.2. The summed E-state index contributed by atoms with van der Waals surface area (Å²) in [7, 11) is -1.46. The molecule has 2 aliphatic heterocycles. The Morgan fingerprint density at radius 2 is 0.907 bits per heavy atom. The van der Waals surface area contributed by atoms with Crippen LogP contribution in [0.4, 0.5) is 22.0 Å². The minimum Gasteiger partial charge on any atom is -0.870 e. The van der Waals surface area contributed by atoms with Gasteiger partial charge in [-0.1, -0.05) is 201 Å². The van der Waals surface area contributed by atoms with Gasteiger partial charge in [0.15, 0.2) is 46.3 Å². The number of Topliss-reactive ketones (excluding diaryl/α,β-unsaturated/α-hetero) is 2. The number of para-hydroxylation sites is 2. The number of halogens is 5. The molecule has 3 fully saturated rings. The number of H-pyrrole nitrogens is 1. The number of nitrogens with zero attached hydrogens (tertiary/aromatic N) is 7. The van der Waals surface area contributed by atoms with E-state index in [1.807, 2.05) is 187 Å². The van der Waals surface area contributed by atoms with Gasteiger partial charge in [-0.3, -0.25) is 28.8 Å². The Kier molecular flexibility index (Phi) is 35.1. The SMILES string of the molecule is C=C(B(O)O)c1ccccc1.C=C(c1ccccc1)n1cc(C(=O)OCC)c(F)c1C.CCOC(=O)c1cn(C2(c3ccccc3)CC2)c(C)c1F.CCOC(=O)c1n[nH]c(C)c1F.Cc1c(F)c(C(=O)N[C@H]2COc3ccccc3CC2=O)nn1C1(c2ccccc2)CC1.Cc1c(F)c(C(=O)O)nn1C1(c2ccccc2)CC1.N[C@H]1COc2ccccc2CC1=O.[K+].[OH-]. The van der Waals surface area contributed by atoms with Crippen molar-refractivity contribution in [3.63, 3.8) is 0 Å². The first-order valence-corrected chi connectivity index (χ1v) is 41.1. The predicted molar refractivity (Wildman–Crippen MR) is 467 cm³/mol. The number of carbonyl (C=O) groups is 7. The first-order valence-electron chi connectivity index (χ1n) is 41.1. The molecule has 129 heavy (non-hydrogen) atoms. The normalized spacial score (nSPS) is 15.1. The number of nitrogens with two attached hydrogens (primary N) is 1. The fourth-order valence-electron chi connectivity index (χ4n) is 14.6. The van der Waals surface area contributed by atoms with Crippen molar-refractivity contribution in [3.05, 3.63) is 350 Å². The number of fused-ring (bicyclic) bond motifs is 2. The van der Waals surface area contributed by atoms with Crippen LogP contribution in [0.15, 0.2) is 226 Å². The number of aromatic nitrogens is 8. The summed E-state index contributed by atoms with van der Waals surface area (Å²) in [5.74, 6) is -5.86. The minimum atomic E-state index is -1.46. The Balaban J connectivity index is 0.000000174. The molecule has 5 aromatic heterocycles. The second kappa shape index (κ2) is 45.1. The van der Waals surface area contributed by atoms with E-state index in [9.17, 15) is 51.1 Å². The van der Waals surface area contributed by atoms with Gasteiger partial charge in [0.05, 0.1) is 70.9 Å². The van der Waals surface area contributed by atoms with E-state index in [0.717, 1.165) is 83.2 Å². The molecule has 33 heteroatoms. The van der Waals surface area contributed by atoms with E-state index in [0.29, 0.717) is 40.4 Å². The maximum absolute atomic E-state index is 15.0. The van der Waals surface area contributed by atoms with Gasteiger partial charge in [0.25, 0.3) is 5.91 Å². The van der Waals surface area contributed by atoms with Crippen molar-refractivity contribution >= 4 is 59.6 Å². The number of carbonyl (C=O) groups excluding carboxylic acids is 6. The van der Waals surface area contributed by atoms with Gasteiger partial charge < -0.3 is 64.5 Å². The van der Waals surface area contributed by atoms with Crippen molar-refractivity contribution in [3.8, 4) is 11.5 Å². The third kappa shape index (κ3) is 23.4. The van der Waals surface area contributed by atoms with Gasteiger partial charge in [-0.15, -0.1) is 0 Å². The smallest absolute Gasteiger partial charge is 0.870 e. The molecule has 26 nitrogen and oxygen atoms in total. The summed E-state index contributed by atoms with van der Waals surface area (Å²) in [6.07, 6.45) is 8.81.